The van der Waals surface area contributed by atoms with Gasteiger partial charge in [0.15, 0.2) is 18.0 Å². The Morgan fingerprint density at radius 3 is 2.38 bits per heavy atom. The molecule has 29 heavy (non-hydrogen) atoms. The number of ether oxygens (including phenoxy) is 2. The fourth-order valence-corrected chi connectivity index (χ4v) is 3.91. The lowest BCUT2D eigenvalue weighted by molar-refractivity contribution is -0.544. The molecule has 2 aliphatic rings. The van der Waals surface area contributed by atoms with E-state index in [9.17, 15) is 8.78 Å². The van der Waals surface area contributed by atoms with Crippen LogP contribution in [0, 0.1) is 11.6 Å². The molecule has 3 nitrogen and oxygen atoms in total. The third-order valence-corrected chi connectivity index (χ3v) is 5.22. The van der Waals surface area contributed by atoms with Gasteiger partial charge in [0.2, 0.25) is 12.5 Å². The van der Waals surface area contributed by atoms with Crippen molar-refractivity contribution in [1.82, 2.24) is 0 Å². The lowest BCUT2D eigenvalue weighted by Crippen LogP contribution is -3.00. The van der Waals surface area contributed by atoms with Crippen molar-refractivity contribution in [3.63, 3.8) is 0 Å². The van der Waals surface area contributed by atoms with E-state index in [0.29, 0.717) is 23.6 Å². The van der Waals surface area contributed by atoms with E-state index in [4.69, 9.17) is 9.47 Å². The van der Waals surface area contributed by atoms with Crippen LogP contribution in [0.3, 0.4) is 0 Å². The van der Waals surface area contributed by atoms with Gasteiger partial charge in [0.05, 0.1) is 11.1 Å². The smallest absolute Gasteiger partial charge is 0.231 e. The van der Waals surface area contributed by atoms with Gasteiger partial charge in [0, 0.05) is 18.1 Å². The Bertz CT molecular complexity index is 1100. The summed E-state index contributed by atoms with van der Waals surface area (Å²) in [6.07, 6.45) is 0.811. The van der Waals surface area contributed by atoms with Gasteiger partial charge in [-0.05, 0) is 29.8 Å². The second-order valence-corrected chi connectivity index (χ2v) is 6.99. The molecular weight excluding hydrogens is 440 g/mol. The summed E-state index contributed by atoms with van der Waals surface area (Å²) in [5.41, 5.74) is 4.24. The van der Waals surface area contributed by atoms with Gasteiger partial charge in [-0.15, -0.1) is 0 Å². The van der Waals surface area contributed by atoms with E-state index in [1.54, 1.807) is 0 Å². The van der Waals surface area contributed by atoms with Gasteiger partial charge >= 0.3 is 0 Å². The van der Waals surface area contributed by atoms with Crippen LogP contribution in [0.15, 0.2) is 60.7 Å². The maximum absolute atomic E-state index is 14.8. The first-order valence-corrected chi connectivity index (χ1v) is 9.23. The van der Waals surface area contributed by atoms with E-state index in [0.717, 1.165) is 41.4 Å². The molecule has 0 spiro atoms. The zero-order chi connectivity index (χ0) is 19.1. The molecule has 2 aliphatic heterocycles. The second kappa shape index (κ2) is 7.95. The molecule has 148 valence electrons. The zero-order valence-corrected chi connectivity index (χ0v) is 17.1. The molecule has 0 unspecified atom stereocenters. The predicted octanol–water partition coefficient (Wildman–Crippen LogP) is 1.30. The topological polar surface area (TPSA) is 21.5 Å². The summed E-state index contributed by atoms with van der Waals surface area (Å²) >= 11 is 0. The van der Waals surface area contributed by atoms with Crippen molar-refractivity contribution in [3.05, 3.63) is 94.6 Å². The van der Waals surface area contributed by atoms with Gasteiger partial charge in [0.25, 0.3) is 0 Å². The van der Waals surface area contributed by atoms with Crippen LogP contribution in [0.1, 0.15) is 22.3 Å². The van der Waals surface area contributed by atoms with E-state index in [1.165, 1.54) is 12.1 Å². The van der Waals surface area contributed by atoms with E-state index >= 15 is 0 Å². The highest BCUT2D eigenvalue weighted by Gasteiger charge is 2.32. The summed E-state index contributed by atoms with van der Waals surface area (Å²) in [7, 11) is 0. The first-order valence-electron chi connectivity index (χ1n) is 9.23. The second-order valence-electron chi connectivity index (χ2n) is 6.99. The van der Waals surface area contributed by atoms with Gasteiger partial charge in [-0.3, -0.25) is 0 Å². The van der Waals surface area contributed by atoms with Crippen LogP contribution in [0.25, 0.3) is 0 Å². The van der Waals surface area contributed by atoms with Crippen LogP contribution in [0.4, 0.5) is 8.78 Å². The molecule has 3 aromatic carbocycles. The van der Waals surface area contributed by atoms with Gasteiger partial charge in [-0.2, -0.15) is 0 Å². The Labute approximate surface area is 178 Å². The highest BCUT2D eigenvalue weighted by Crippen LogP contribution is 2.37. The van der Waals surface area contributed by atoms with Crippen molar-refractivity contribution in [3.8, 4) is 11.5 Å². The Morgan fingerprint density at radius 1 is 0.862 bits per heavy atom. The van der Waals surface area contributed by atoms with Crippen molar-refractivity contribution < 1.29 is 39.8 Å². The number of fused-ring (bicyclic) bond motifs is 2. The predicted molar refractivity (Wildman–Crippen MR) is 101 cm³/mol. The fourth-order valence-electron chi connectivity index (χ4n) is 3.91. The SMILES string of the molecule is Fc1ccc(C2=[N+](Cc3ccccc3)CCc3cc4c(cc32)OCO4)c(F)c1.[Br-]. The van der Waals surface area contributed by atoms with Gasteiger partial charge in [-0.1, -0.05) is 30.3 Å². The number of hydrogen-bond acceptors (Lipinski definition) is 2. The van der Waals surface area contributed by atoms with Gasteiger partial charge in [-0.25, -0.2) is 13.4 Å². The lowest BCUT2D eigenvalue weighted by atomic mass is 9.91. The molecule has 0 aromatic heterocycles. The van der Waals surface area contributed by atoms with Crippen molar-refractivity contribution in [1.29, 1.82) is 0 Å². The number of hydrogen-bond donors (Lipinski definition) is 0. The maximum Gasteiger partial charge on any atom is 0.231 e. The van der Waals surface area contributed by atoms with Crippen molar-refractivity contribution in [2.75, 3.05) is 13.3 Å². The van der Waals surface area contributed by atoms with Gasteiger partial charge < -0.3 is 26.5 Å². The normalized spacial score (nSPS) is 14.4. The number of nitrogens with zero attached hydrogens (tertiary/aromatic N) is 1. The highest BCUT2D eigenvalue weighted by atomic mass is 79.9. The Morgan fingerprint density at radius 2 is 1.62 bits per heavy atom. The molecule has 0 atom stereocenters. The quantitative estimate of drug-likeness (QED) is 0.553. The van der Waals surface area contributed by atoms with Crippen LogP contribution in [-0.2, 0) is 13.0 Å². The van der Waals surface area contributed by atoms with E-state index in [1.807, 2.05) is 42.5 Å². The summed E-state index contributed by atoms with van der Waals surface area (Å²) in [5.74, 6) is 0.214. The van der Waals surface area contributed by atoms with Crippen molar-refractivity contribution in [2.24, 2.45) is 0 Å². The molecule has 0 fully saturated rings. The molecule has 6 heteroatoms. The standard InChI is InChI=1S/C23H18F2NO2.BrH/c24-17-6-7-18(20(25)11-17)23-19-12-22-21(27-14-28-22)10-16(19)8-9-26(23)13-15-4-2-1-3-5-15;/h1-7,10-12H,8-9,13-14H2;1H/q+1;/p-1. The molecule has 0 N–H and O–H groups in total. The minimum Gasteiger partial charge on any atom is -1.00 e. The summed E-state index contributed by atoms with van der Waals surface area (Å²) in [6.45, 7) is 1.56. The van der Waals surface area contributed by atoms with Crippen LogP contribution in [0.2, 0.25) is 0 Å². The third-order valence-electron chi connectivity index (χ3n) is 5.22. The summed E-state index contributed by atoms with van der Waals surface area (Å²) in [5, 5.41) is 0. The fraction of sp³-hybridized carbons (Fsp3) is 0.174. The first kappa shape index (κ1) is 19.6. The van der Waals surface area contributed by atoms with Crippen LogP contribution >= 0.6 is 0 Å². The summed E-state index contributed by atoms with van der Waals surface area (Å²) in [4.78, 5) is 0. The Balaban J connectivity index is 0.00000205. The zero-order valence-electron chi connectivity index (χ0n) is 15.5. The molecule has 0 amide bonds. The molecule has 5 rings (SSSR count). The maximum atomic E-state index is 14.8. The molecule has 0 radical (unpaired) electrons. The Hall–Kier alpha value is -2.73. The van der Waals surface area contributed by atoms with Crippen LogP contribution in [0.5, 0.6) is 11.5 Å². The van der Waals surface area contributed by atoms with E-state index < -0.39 is 11.6 Å². The monoisotopic (exact) mass is 457 g/mol. The minimum atomic E-state index is -0.585. The van der Waals surface area contributed by atoms with E-state index in [-0.39, 0.29) is 23.8 Å². The summed E-state index contributed by atoms with van der Waals surface area (Å²) in [6, 6.07) is 17.7. The number of halogens is 3. The average Bonchev–Trinajstić information content (AvgIpc) is 3.15. The number of benzene rings is 3. The van der Waals surface area contributed by atoms with Crippen LogP contribution < -0.4 is 26.5 Å². The van der Waals surface area contributed by atoms with Crippen LogP contribution in [-0.4, -0.2) is 23.6 Å². The largest absolute Gasteiger partial charge is 1.00 e. The minimum absolute atomic E-state index is 0. The molecule has 0 saturated carbocycles. The van der Waals surface area contributed by atoms with E-state index in [2.05, 4.69) is 4.58 Å². The lowest BCUT2D eigenvalue weighted by Gasteiger charge is -2.20. The number of rotatable bonds is 3. The highest BCUT2D eigenvalue weighted by molar-refractivity contribution is 6.11. The molecule has 0 aliphatic carbocycles. The average molecular weight is 458 g/mol. The van der Waals surface area contributed by atoms with Crippen molar-refractivity contribution >= 4 is 5.71 Å². The molecule has 3 aromatic rings. The van der Waals surface area contributed by atoms with Crippen molar-refractivity contribution in [2.45, 2.75) is 13.0 Å². The molecule has 2 heterocycles. The molecule has 0 bridgehead atoms. The third kappa shape index (κ3) is 3.65. The Kier molecular flexibility index (Phi) is 5.37. The van der Waals surface area contributed by atoms with Gasteiger partial charge in [0.1, 0.15) is 18.2 Å². The molecule has 0 saturated heterocycles. The molecular formula is C23H18BrF2NO2. The summed E-state index contributed by atoms with van der Waals surface area (Å²) < 4.78 is 41.5. The first-order chi connectivity index (χ1) is 13.7.